The lowest BCUT2D eigenvalue weighted by Gasteiger charge is -2.19. The molecule has 1 aromatic heterocycles. The minimum absolute atomic E-state index is 0.0913. The Labute approximate surface area is 178 Å². The van der Waals surface area contributed by atoms with E-state index in [1.165, 1.54) is 18.2 Å². The average molecular weight is 424 g/mol. The number of hydrogen-bond donors (Lipinski definition) is 3. The third kappa shape index (κ3) is 4.80. The second-order valence-corrected chi connectivity index (χ2v) is 6.98. The van der Waals surface area contributed by atoms with Gasteiger partial charge in [0.25, 0.3) is 11.6 Å². The molecule has 3 amide bonds. The molecule has 0 bridgehead atoms. The van der Waals surface area contributed by atoms with Gasteiger partial charge in [-0.1, -0.05) is 12.1 Å². The highest BCUT2D eigenvalue weighted by molar-refractivity contribution is 6.05. The maximum Gasteiger partial charge on any atom is 0.321 e. The largest absolute Gasteiger partial charge is 0.344 e. The van der Waals surface area contributed by atoms with Crippen molar-refractivity contribution in [3.05, 3.63) is 63.8 Å². The van der Waals surface area contributed by atoms with E-state index in [1.54, 1.807) is 17.0 Å². The SMILES string of the molecule is CCN(CC)C(=O)Nc1ccc(C(C)NC(=O)c2n[nH]c3ccc([N+](=O)[O-])cc23)cc1. The van der Waals surface area contributed by atoms with Crippen LogP contribution in [0.3, 0.4) is 0 Å². The summed E-state index contributed by atoms with van der Waals surface area (Å²) in [5.41, 5.74) is 2.01. The highest BCUT2D eigenvalue weighted by atomic mass is 16.6. The summed E-state index contributed by atoms with van der Waals surface area (Å²) < 4.78 is 0. The first-order valence-electron chi connectivity index (χ1n) is 9.93. The van der Waals surface area contributed by atoms with Crippen molar-refractivity contribution in [2.24, 2.45) is 0 Å². The van der Waals surface area contributed by atoms with Crippen LogP contribution < -0.4 is 10.6 Å². The Morgan fingerprint density at radius 2 is 1.84 bits per heavy atom. The van der Waals surface area contributed by atoms with E-state index in [-0.39, 0.29) is 23.5 Å². The molecule has 3 aromatic rings. The topological polar surface area (TPSA) is 133 Å². The van der Waals surface area contributed by atoms with Crippen LogP contribution in [0, 0.1) is 10.1 Å². The van der Waals surface area contributed by atoms with E-state index >= 15 is 0 Å². The average Bonchev–Trinajstić information content (AvgIpc) is 3.18. The van der Waals surface area contributed by atoms with Crippen molar-refractivity contribution in [2.75, 3.05) is 18.4 Å². The van der Waals surface area contributed by atoms with Gasteiger partial charge in [0.1, 0.15) is 0 Å². The molecule has 2 aromatic carbocycles. The lowest BCUT2D eigenvalue weighted by Crippen LogP contribution is -2.34. The number of aromatic amines is 1. The maximum absolute atomic E-state index is 12.7. The standard InChI is InChI=1S/C21H24N6O4/c1-4-26(5-2)21(29)23-15-8-6-14(7-9-15)13(3)22-20(28)19-17-12-16(27(30)31)10-11-18(17)24-25-19/h6-13H,4-5H2,1-3H3,(H,22,28)(H,23,29)(H,24,25). The molecule has 0 spiro atoms. The number of anilines is 1. The quantitative estimate of drug-likeness (QED) is 0.391. The predicted molar refractivity (Wildman–Crippen MR) is 117 cm³/mol. The van der Waals surface area contributed by atoms with Gasteiger partial charge in [-0.25, -0.2) is 4.79 Å². The molecule has 3 rings (SSSR count). The molecule has 10 nitrogen and oxygen atoms in total. The van der Waals surface area contributed by atoms with Crippen molar-refractivity contribution in [3.63, 3.8) is 0 Å². The molecule has 0 radical (unpaired) electrons. The molecular weight excluding hydrogens is 400 g/mol. The lowest BCUT2D eigenvalue weighted by molar-refractivity contribution is -0.384. The third-order valence-electron chi connectivity index (χ3n) is 5.03. The van der Waals surface area contributed by atoms with Gasteiger partial charge in [-0.3, -0.25) is 20.0 Å². The smallest absolute Gasteiger partial charge is 0.321 e. The molecule has 0 saturated heterocycles. The van der Waals surface area contributed by atoms with E-state index < -0.39 is 10.8 Å². The zero-order chi connectivity index (χ0) is 22.5. The summed E-state index contributed by atoms with van der Waals surface area (Å²) in [6.07, 6.45) is 0. The van der Waals surface area contributed by atoms with Crippen LogP contribution in [-0.4, -0.2) is 45.0 Å². The highest BCUT2D eigenvalue weighted by Gasteiger charge is 2.19. The van der Waals surface area contributed by atoms with E-state index in [9.17, 15) is 19.7 Å². The number of carbonyl (C=O) groups excluding carboxylic acids is 2. The first-order chi connectivity index (χ1) is 14.8. The second kappa shape index (κ2) is 9.24. The highest BCUT2D eigenvalue weighted by Crippen LogP contribution is 2.23. The van der Waals surface area contributed by atoms with Crippen LogP contribution in [0.15, 0.2) is 42.5 Å². The fraction of sp³-hybridized carbons (Fsp3) is 0.286. The van der Waals surface area contributed by atoms with Crippen molar-refractivity contribution in [2.45, 2.75) is 26.8 Å². The fourth-order valence-corrected chi connectivity index (χ4v) is 3.21. The van der Waals surface area contributed by atoms with Gasteiger partial charge in [-0.2, -0.15) is 5.10 Å². The van der Waals surface area contributed by atoms with Crippen LogP contribution in [0.1, 0.15) is 42.9 Å². The van der Waals surface area contributed by atoms with Crippen LogP contribution in [0.25, 0.3) is 10.9 Å². The van der Waals surface area contributed by atoms with Gasteiger partial charge in [0.15, 0.2) is 5.69 Å². The molecule has 0 saturated carbocycles. The van der Waals surface area contributed by atoms with Crippen molar-refractivity contribution in [3.8, 4) is 0 Å². The normalized spacial score (nSPS) is 11.7. The fourth-order valence-electron chi connectivity index (χ4n) is 3.21. The van der Waals surface area contributed by atoms with Gasteiger partial charge in [0.2, 0.25) is 0 Å². The lowest BCUT2D eigenvalue weighted by atomic mass is 10.1. The number of nitro groups is 1. The zero-order valence-corrected chi connectivity index (χ0v) is 17.5. The number of hydrogen-bond acceptors (Lipinski definition) is 5. The molecule has 31 heavy (non-hydrogen) atoms. The van der Waals surface area contributed by atoms with Crippen molar-refractivity contribution >= 4 is 34.2 Å². The second-order valence-electron chi connectivity index (χ2n) is 6.98. The van der Waals surface area contributed by atoms with E-state index in [1.807, 2.05) is 32.9 Å². The number of benzene rings is 2. The van der Waals surface area contributed by atoms with Crippen LogP contribution in [0.2, 0.25) is 0 Å². The Morgan fingerprint density at radius 3 is 2.45 bits per heavy atom. The van der Waals surface area contributed by atoms with Gasteiger partial charge < -0.3 is 15.5 Å². The molecule has 0 aliphatic heterocycles. The van der Waals surface area contributed by atoms with Crippen molar-refractivity contribution < 1.29 is 14.5 Å². The zero-order valence-electron chi connectivity index (χ0n) is 17.5. The minimum Gasteiger partial charge on any atom is -0.344 e. The Balaban J connectivity index is 1.70. The Bertz CT molecular complexity index is 1100. The van der Waals surface area contributed by atoms with Gasteiger partial charge >= 0.3 is 6.03 Å². The summed E-state index contributed by atoms with van der Waals surface area (Å²) in [6, 6.07) is 10.9. The first kappa shape index (κ1) is 21.8. The summed E-state index contributed by atoms with van der Waals surface area (Å²) in [5.74, 6) is -0.446. The van der Waals surface area contributed by atoms with Gasteiger partial charge in [0, 0.05) is 36.3 Å². The number of carbonyl (C=O) groups is 2. The van der Waals surface area contributed by atoms with Gasteiger partial charge in [0.05, 0.1) is 16.5 Å². The summed E-state index contributed by atoms with van der Waals surface area (Å²) in [5, 5.41) is 23.8. The first-order valence-corrected chi connectivity index (χ1v) is 9.93. The van der Waals surface area contributed by atoms with E-state index in [0.29, 0.717) is 29.7 Å². The molecule has 1 atom stereocenters. The summed E-state index contributed by atoms with van der Waals surface area (Å²) >= 11 is 0. The number of nitrogens with zero attached hydrogens (tertiary/aromatic N) is 3. The van der Waals surface area contributed by atoms with Crippen LogP contribution in [0.4, 0.5) is 16.2 Å². The monoisotopic (exact) mass is 424 g/mol. The number of urea groups is 1. The number of amides is 3. The maximum atomic E-state index is 12.7. The molecular formula is C21H24N6O4. The molecule has 0 aliphatic rings. The molecule has 162 valence electrons. The summed E-state index contributed by atoms with van der Waals surface area (Å²) in [6.45, 7) is 6.89. The molecule has 10 heteroatoms. The molecule has 0 aliphatic carbocycles. The van der Waals surface area contributed by atoms with E-state index in [0.717, 1.165) is 5.56 Å². The molecule has 1 unspecified atom stereocenters. The van der Waals surface area contributed by atoms with Gasteiger partial charge in [-0.05, 0) is 44.5 Å². The molecule has 3 N–H and O–H groups in total. The van der Waals surface area contributed by atoms with Gasteiger partial charge in [-0.15, -0.1) is 0 Å². The summed E-state index contributed by atoms with van der Waals surface area (Å²) in [7, 11) is 0. The molecule has 0 fully saturated rings. The van der Waals surface area contributed by atoms with Crippen LogP contribution in [0.5, 0.6) is 0 Å². The van der Waals surface area contributed by atoms with Crippen LogP contribution >= 0.6 is 0 Å². The van der Waals surface area contributed by atoms with E-state index in [4.69, 9.17) is 0 Å². The third-order valence-corrected chi connectivity index (χ3v) is 5.03. The predicted octanol–water partition coefficient (Wildman–Crippen LogP) is 3.84. The number of fused-ring (bicyclic) bond motifs is 1. The van der Waals surface area contributed by atoms with Crippen molar-refractivity contribution in [1.29, 1.82) is 0 Å². The minimum atomic E-state index is -0.517. The number of nitrogens with one attached hydrogen (secondary N) is 3. The number of rotatable bonds is 7. The van der Waals surface area contributed by atoms with Crippen molar-refractivity contribution in [1.82, 2.24) is 20.4 Å². The Hall–Kier alpha value is -3.95. The van der Waals surface area contributed by atoms with Crippen LogP contribution in [-0.2, 0) is 0 Å². The van der Waals surface area contributed by atoms with E-state index in [2.05, 4.69) is 20.8 Å². The number of non-ortho nitro benzene ring substituents is 1. The Morgan fingerprint density at radius 1 is 1.16 bits per heavy atom. The number of nitro benzene ring substituents is 1. The summed E-state index contributed by atoms with van der Waals surface area (Å²) in [4.78, 5) is 37.0. The number of aromatic nitrogens is 2. The Kier molecular flexibility index (Phi) is 6.49. The number of H-pyrrole nitrogens is 1. The molecule has 1 heterocycles.